The van der Waals surface area contributed by atoms with E-state index in [2.05, 4.69) is 290 Å². The van der Waals surface area contributed by atoms with Crippen LogP contribution in [0.5, 0.6) is 0 Å². The van der Waals surface area contributed by atoms with Crippen LogP contribution < -0.4 is 43.2 Å². The van der Waals surface area contributed by atoms with Crippen molar-refractivity contribution in [2.75, 3.05) is 0 Å². The van der Waals surface area contributed by atoms with Gasteiger partial charge in [-0.3, -0.25) is 0 Å². The lowest BCUT2D eigenvalue weighted by Gasteiger charge is -2.34. The zero-order valence-electron chi connectivity index (χ0n) is 46.1. The highest BCUT2D eigenvalue weighted by Gasteiger charge is 2.36. The third kappa shape index (κ3) is 9.67. The van der Waals surface area contributed by atoms with E-state index in [4.69, 9.17) is 0 Å². The molecule has 0 N–H and O–H groups in total. The minimum absolute atomic E-state index is 0.102. The first-order chi connectivity index (χ1) is 34.5. The van der Waals surface area contributed by atoms with Gasteiger partial charge in [0.25, 0.3) is 0 Å². The van der Waals surface area contributed by atoms with Crippen LogP contribution in [0, 0.1) is 0 Å². The Morgan fingerprint density at radius 1 is 0.288 bits per heavy atom. The van der Waals surface area contributed by atoms with E-state index < -0.39 is 8.07 Å². The van der Waals surface area contributed by atoms with Gasteiger partial charge in [-0.1, -0.05) is 323 Å². The standard InChI is InChI=1S/C70H74B2Si/c1-67(2,3)50-23-35-56(36-24-50)71(57-37-25-51(26-38-57)68(4,5)6)54-31-18-47(19-32-54)49-22-43-61-63-45-44-60(62-16-15-17-64(66(62)63)73(13,14)65(61)46-49)48-20-33-55(34-21-48)72(58-39-27-52(28-40-58)69(7,8)9)59-41-29-53(30-42-59)70(10,11)12/h15-46H,1-14H3. The van der Waals surface area contributed by atoms with Crippen LogP contribution in [0.4, 0.5) is 0 Å². The van der Waals surface area contributed by atoms with E-state index in [1.54, 1.807) is 0 Å². The fourth-order valence-electron chi connectivity index (χ4n) is 11.6. The molecule has 0 spiro atoms. The summed E-state index contributed by atoms with van der Waals surface area (Å²) in [7, 11) is -2.13. The quantitative estimate of drug-likeness (QED) is 0.133. The van der Waals surface area contributed by atoms with Crippen molar-refractivity contribution in [2.45, 2.75) is 118 Å². The summed E-state index contributed by atoms with van der Waals surface area (Å²) in [4.78, 5) is 0. The molecule has 9 aromatic rings. The Balaban J connectivity index is 0.981. The summed E-state index contributed by atoms with van der Waals surface area (Å²) in [5.74, 6) is 0. The largest absolute Gasteiger partial charge is 0.241 e. The molecule has 0 bridgehead atoms. The van der Waals surface area contributed by atoms with Gasteiger partial charge in [0.1, 0.15) is 8.07 Å². The van der Waals surface area contributed by atoms with Crippen LogP contribution in [0.25, 0.3) is 44.2 Å². The summed E-state index contributed by atoms with van der Waals surface area (Å²) in [6.07, 6.45) is 0. The average molecular weight is 965 g/mol. The summed E-state index contributed by atoms with van der Waals surface area (Å²) in [5, 5.41) is 5.81. The Morgan fingerprint density at radius 3 is 0.973 bits per heavy atom. The van der Waals surface area contributed by atoms with Gasteiger partial charge >= 0.3 is 0 Å². The van der Waals surface area contributed by atoms with Gasteiger partial charge < -0.3 is 0 Å². The second-order valence-corrected chi connectivity index (χ2v) is 30.2. The van der Waals surface area contributed by atoms with Crippen molar-refractivity contribution in [2.24, 2.45) is 0 Å². The average Bonchev–Trinajstić information content (AvgIpc) is 3.36. The summed E-state index contributed by atoms with van der Waals surface area (Å²) >= 11 is 0. The van der Waals surface area contributed by atoms with E-state index in [1.807, 2.05) is 0 Å². The van der Waals surface area contributed by atoms with Crippen molar-refractivity contribution >= 4 is 75.4 Å². The van der Waals surface area contributed by atoms with E-state index in [1.165, 1.54) is 110 Å². The predicted octanol–water partition coefficient (Wildman–Crippen LogP) is 13.2. The van der Waals surface area contributed by atoms with Crippen LogP contribution in [0.15, 0.2) is 194 Å². The first-order valence-corrected chi connectivity index (χ1v) is 29.8. The van der Waals surface area contributed by atoms with Gasteiger partial charge in [0.2, 0.25) is 13.4 Å². The van der Waals surface area contributed by atoms with Crippen LogP contribution in [0.1, 0.15) is 105 Å². The maximum atomic E-state index is 2.56. The second kappa shape index (κ2) is 18.5. The smallest absolute Gasteiger partial charge is 0.0686 e. The molecule has 0 saturated carbocycles. The Hall–Kier alpha value is -6.41. The molecule has 0 amide bonds. The van der Waals surface area contributed by atoms with Crippen LogP contribution in [-0.2, 0) is 21.7 Å². The lowest BCUT2D eigenvalue weighted by molar-refractivity contribution is 0.590. The molecular weight excluding hydrogens is 890 g/mol. The molecule has 1 heterocycles. The third-order valence-corrected chi connectivity index (χ3v) is 19.8. The molecule has 1 aliphatic heterocycles. The molecule has 3 heteroatoms. The summed E-state index contributed by atoms with van der Waals surface area (Å²) < 4.78 is 0. The number of benzene rings is 9. The Labute approximate surface area is 440 Å². The fraction of sp³-hybridized carbons (Fsp3) is 0.257. The Bertz CT molecular complexity index is 3330. The molecule has 0 nitrogen and oxygen atoms in total. The van der Waals surface area contributed by atoms with Crippen molar-refractivity contribution in [3.8, 4) is 33.4 Å². The van der Waals surface area contributed by atoms with E-state index in [-0.39, 0.29) is 35.1 Å². The first kappa shape index (κ1) is 50.1. The van der Waals surface area contributed by atoms with Gasteiger partial charge in [0.05, 0.1) is 0 Å². The molecule has 0 radical (unpaired) electrons. The molecule has 0 saturated heterocycles. The third-order valence-electron chi connectivity index (χ3n) is 16.3. The molecule has 0 unspecified atom stereocenters. The molecule has 9 aromatic carbocycles. The maximum Gasteiger partial charge on any atom is 0.241 e. The topological polar surface area (TPSA) is 0 Å². The predicted molar refractivity (Wildman–Crippen MR) is 327 cm³/mol. The molecule has 0 atom stereocenters. The monoisotopic (exact) mass is 965 g/mol. The van der Waals surface area contributed by atoms with Gasteiger partial charge in [0, 0.05) is 0 Å². The van der Waals surface area contributed by atoms with Crippen LogP contribution in [0.2, 0.25) is 13.1 Å². The van der Waals surface area contributed by atoms with E-state index in [0.29, 0.717) is 0 Å². The van der Waals surface area contributed by atoms with Crippen molar-refractivity contribution in [1.29, 1.82) is 0 Å². The SMILES string of the molecule is CC(C)(C)c1ccc(B(c2ccc(-c3ccc4c(c3)[Si](C)(C)c3cccc5c(-c6ccc(B(c7ccc(C(C)(C)C)cc7)c7ccc(C(C)(C)C)cc7)cc6)ccc-4c35)cc2)c2ccc(C(C)(C)C)cc2)cc1. The molecule has 0 aliphatic carbocycles. The lowest BCUT2D eigenvalue weighted by Crippen LogP contribution is -2.55. The second-order valence-electron chi connectivity index (χ2n) is 25.9. The van der Waals surface area contributed by atoms with Crippen molar-refractivity contribution in [3.63, 3.8) is 0 Å². The number of rotatable bonds is 8. The minimum atomic E-state index is -2.13. The summed E-state index contributed by atoms with van der Waals surface area (Å²) in [6, 6.07) is 75.5. The fourth-order valence-corrected chi connectivity index (χ4v) is 14.7. The van der Waals surface area contributed by atoms with Crippen LogP contribution in [-0.4, -0.2) is 21.5 Å². The molecule has 1 aliphatic rings. The van der Waals surface area contributed by atoms with Crippen molar-refractivity contribution < 1.29 is 0 Å². The molecule has 0 fully saturated rings. The highest BCUT2D eigenvalue weighted by Crippen LogP contribution is 2.39. The van der Waals surface area contributed by atoms with Crippen molar-refractivity contribution in [3.05, 3.63) is 216 Å². The number of hydrogen-bond donors (Lipinski definition) is 0. The Kier molecular flexibility index (Phi) is 12.7. The van der Waals surface area contributed by atoms with Crippen LogP contribution in [0.3, 0.4) is 0 Å². The van der Waals surface area contributed by atoms with E-state index in [9.17, 15) is 0 Å². The zero-order chi connectivity index (χ0) is 51.8. The maximum absolute atomic E-state index is 2.56. The molecule has 73 heavy (non-hydrogen) atoms. The van der Waals surface area contributed by atoms with Gasteiger partial charge in [-0.25, -0.2) is 0 Å². The minimum Gasteiger partial charge on any atom is -0.0686 e. The molecular formula is C70H74B2Si. The summed E-state index contributed by atoms with van der Waals surface area (Å²) in [6.45, 7) is 32.9. The first-order valence-electron chi connectivity index (χ1n) is 26.8. The molecule has 10 rings (SSSR count). The van der Waals surface area contributed by atoms with Crippen LogP contribution >= 0.6 is 0 Å². The van der Waals surface area contributed by atoms with Gasteiger partial charge in [-0.05, 0) is 98.4 Å². The number of hydrogen-bond acceptors (Lipinski definition) is 0. The normalized spacial score (nSPS) is 13.5. The van der Waals surface area contributed by atoms with Gasteiger partial charge in [-0.15, -0.1) is 0 Å². The van der Waals surface area contributed by atoms with Gasteiger partial charge in [0.15, 0.2) is 0 Å². The van der Waals surface area contributed by atoms with Gasteiger partial charge in [-0.2, -0.15) is 0 Å². The van der Waals surface area contributed by atoms with E-state index >= 15 is 0 Å². The lowest BCUT2D eigenvalue weighted by atomic mass is 9.36. The summed E-state index contributed by atoms with van der Waals surface area (Å²) in [5.41, 5.74) is 21.6. The molecule has 0 aromatic heterocycles. The highest BCUT2D eigenvalue weighted by atomic mass is 28.3. The van der Waals surface area contributed by atoms with Crippen molar-refractivity contribution in [1.82, 2.24) is 0 Å². The Morgan fingerprint density at radius 2 is 0.603 bits per heavy atom. The van der Waals surface area contributed by atoms with E-state index in [0.717, 1.165) is 0 Å². The highest BCUT2D eigenvalue weighted by molar-refractivity contribution is 7.03. The zero-order valence-corrected chi connectivity index (χ0v) is 47.1. The molecule has 364 valence electrons. The number of fused-ring (bicyclic) bond motifs is 2.